The Bertz CT molecular complexity index is 2570. The third-order valence-corrected chi connectivity index (χ3v) is 13.4. The lowest BCUT2D eigenvalue weighted by Gasteiger charge is -2.35. The molecule has 16 heteroatoms. The molecule has 0 bridgehead atoms. The van der Waals surface area contributed by atoms with Crippen LogP contribution in [0.25, 0.3) is 11.1 Å². The molecule has 330 valence electrons. The van der Waals surface area contributed by atoms with Crippen LogP contribution < -0.4 is 31.9 Å². The van der Waals surface area contributed by atoms with E-state index in [0.717, 1.165) is 83.4 Å². The second-order valence-corrected chi connectivity index (χ2v) is 17.8. The topological polar surface area (TPSA) is 178 Å². The number of piperidine rings is 2. The lowest BCUT2D eigenvalue weighted by molar-refractivity contribution is -0.133. The number of benzene rings is 4. The number of nitrogens with two attached hydrogens (primary N) is 1. The highest BCUT2D eigenvalue weighted by Crippen LogP contribution is 2.41. The van der Waals surface area contributed by atoms with Gasteiger partial charge in [-0.15, -0.1) is 0 Å². The van der Waals surface area contributed by atoms with Crippen molar-refractivity contribution in [2.45, 2.75) is 44.6 Å². The zero-order chi connectivity index (χ0) is 44.4. The fourth-order valence-electron chi connectivity index (χ4n) is 9.56. The molecular formula is C48H50ClFN10O4. The minimum Gasteiger partial charge on any atom is -0.374 e. The predicted octanol–water partition coefficient (Wildman–Crippen LogP) is 7.19. The van der Waals surface area contributed by atoms with Crippen LogP contribution in [0.2, 0.25) is 5.02 Å². The van der Waals surface area contributed by atoms with Crippen molar-refractivity contribution >= 4 is 69.7 Å². The van der Waals surface area contributed by atoms with E-state index in [-0.39, 0.29) is 40.5 Å². The number of likely N-dealkylation sites (tertiary alicyclic amines) is 2. The SMILES string of the molecule is NC(=O)c1ccc(Nc2nc(Nc3ccc(C(=O)N4CCC5(CCN(CC6CCN(c7ccc(NC8CCC(=O)NC8=O)cc7)CC6)C5)C4)cc3)ncc2F)cc1-c1ccccc1Cl. The smallest absolute Gasteiger partial charge is 0.253 e. The first-order valence-corrected chi connectivity index (χ1v) is 22.2. The molecule has 4 aliphatic rings. The fraction of sp³-hybridized carbons (Fsp3) is 0.333. The molecule has 5 heterocycles. The van der Waals surface area contributed by atoms with Crippen molar-refractivity contribution in [3.63, 3.8) is 0 Å². The minimum atomic E-state index is -0.678. The second kappa shape index (κ2) is 18.3. The maximum absolute atomic E-state index is 15.0. The van der Waals surface area contributed by atoms with E-state index in [4.69, 9.17) is 17.3 Å². The maximum atomic E-state index is 15.0. The highest BCUT2D eigenvalue weighted by Gasteiger charge is 2.45. The van der Waals surface area contributed by atoms with Crippen LogP contribution in [0.15, 0.2) is 97.2 Å². The molecule has 0 aliphatic carbocycles. The molecule has 9 rings (SSSR count). The van der Waals surface area contributed by atoms with Gasteiger partial charge in [-0.2, -0.15) is 4.98 Å². The van der Waals surface area contributed by atoms with Crippen molar-refractivity contribution < 1.29 is 23.6 Å². The van der Waals surface area contributed by atoms with Crippen molar-refractivity contribution in [3.8, 4) is 11.1 Å². The summed E-state index contributed by atoms with van der Waals surface area (Å²) in [6, 6.07) is 26.9. The average molecular weight is 885 g/mol. The first kappa shape index (κ1) is 42.7. The lowest BCUT2D eigenvalue weighted by atomic mass is 9.86. The molecule has 1 aromatic heterocycles. The summed E-state index contributed by atoms with van der Waals surface area (Å²) in [7, 11) is 0. The number of carbonyl (C=O) groups is 4. The monoisotopic (exact) mass is 884 g/mol. The summed E-state index contributed by atoms with van der Waals surface area (Å²) in [4.78, 5) is 65.1. The Morgan fingerprint density at radius 3 is 2.33 bits per heavy atom. The van der Waals surface area contributed by atoms with E-state index >= 15 is 0 Å². The number of anilines is 6. The van der Waals surface area contributed by atoms with Gasteiger partial charge in [0.05, 0.1) is 6.20 Å². The number of primary amides is 1. The first-order chi connectivity index (χ1) is 31.0. The van der Waals surface area contributed by atoms with Crippen LogP contribution in [-0.2, 0) is 9.59 Å². The largest absolute Gasteiger partial charge is 0.374 e. The zero-order valence-corrected chi connectivity index (χ0v) is 36.0. The molecule has 0 radical (unpaired) electrons. The number of aromatic nitrogens is 2. The van der Waals surface area contributed by atoms with Gasteiger partial charge in [0.25, 0.3) is 5.91 Å². The molecule has 14 nitrogen and oxygen atoms in total. The van der Waals surface area contributed by atoms with Gasteiger partial charge in [0, 0.05) is 95.6 Å². The molecule has 5 aromatic rings. The second-order valence-electron chi connectivity index (χ2n) is 17.4. The number of rotatable bonds is 12. The van der Waals surface area contributed by atoms with Crippen LogP contribution in [0.3, 0.4) is 0 Å². The van der Waals surface area contributed by atoms with E-state index in [1.165, 1.54) is 5.69 Å². The highest BCUT2D eigenvalue weighted by molar-refractivity contribution is 6.33. The molecule has 1 spiro atoms. The van der Waals surface area contributed by atoms with Gasteiger partial charge in [0.1, 0.15) is 6.04 Å². The normalized spacial score (nSPS) is 20.4. The number of imide groups is 1. The number of halogens is 2. The van der Waals surface area contributed by atoms with E-state index in [2.05, 4.69) is 53.2 Å². The van der Waals surface area contributed by atoms with E-state index in [1.54, 1.807) is 66.7 Å². The number of carbonyl (C=O) groups excluding carboxylic acids is 4. The van der Waals surface area contributed by atoms with Crippen molar-refractivity contribution in [1.29, 1.82) is 0 Å². The molecule has 4 fully saturated rings. The number of hydrogen-bond donors (Lipinski definition) is 5. The molecule has 0 saturated carbocycles. The summed E-state index contributed by atoms with van der Waals surface area (Å²) >= 11 is 6.43. The van der Waals surface area contributed by atoms with Crippen molar-refractivity contribution in [1.82, 2.24) is 25.1 Å². The Kier molecular flexibility index (Phi) is 12.2. The Morgan fingerprint density at radius 2 is 1.58 bits per heavy atom. The quantitative estimate of drug-likeness (QED) is 0.0802. The Hall–Kier alpha value is -6.58. The molecule has 64 heavy (non-hydrogen) atoms. The molecular weight excluding hydrogens is 835 g/mol. The van der Waals surface area contributed by atoms with Crippen LogP contribution in [0.1, 0.15) is 59.2 Å². The van der Waals surface area contributed by atoms with Gasteiger partial charge < -0.3 is 36.4 Å². The molecule has 2 atom stereocenters. The lowest BCUT2D eigenvalue weighted by Crippen LogP contribution is -2.47. The summed E-state index contributed by atoms with van der Waals surface area (Å²) in [5, 5.41) is 12.2. The predicted molar refractivity (Wildman–Crippen MR) is 246 cm³/mol. The van der Waals surface area contributed by atoms with E-state index in [9.17, 15) is 23.6 Å². The Balaban J connectivity index is 0.746. The number of nitrogens with one attached hydrogen (secondary N) is 4. The molecule has 6 N–H and O–H groups in total. The summed E-state index contributed by atoms with van der Waals surface area (Å²) in [5.74, 6) is -1.08. The average Bonchev–Trinajstić information content (AvgIpc) is 3.91. The third kappa shape index (κ3) is 9.50. The van der Waals surface area contributed by atoms with Gasteiger partial charge in [0.15, 0.2) is 11.6 Å². The van der Waals surface area contributed by atoms with Crippen molar-refractivity contribution in [3.05, 3.63) is 119 Å². The molecule has 4 aliphatic heterocycles. The summed E-state index contributed by atoms with van der Waals surface area (Å²) in [6.45, 7) is 6.62. The minimum absolute atomic E-state index is 0.0112. The third-order valence-electron chi connectivity index (χ3n) is 13.0. The van der Waals surface area contributed by atoms with Gasteiger partial charge in [0.2, 0.25) is 23.7 Å². The maximum Gasteiger partial charge on any atom is 0.253 e. The highest BCUT2D eigenvalue weighted by atomic mass is 35.5. The van der Waals surface area contributed by atoms with Crippen LogP contribution in [-0.4, -0.2) is 95.3 Å². The van der Waals surface area contributed by atoms with E-state index in [0.29, 0.717) is 51.8 Å². The summed E-state index contributed by atoms with van der Waals surface area (Å²) in [5.41, 5.74) is 10.9. The van der Waals surface area contributed by atoms with Gasteiger partial charge in [-0.05, 0) is 123 Å². The van der Waals surface area contributed by atoms with Crippen molar-refractivity contribution in [2.24, 2.45) is 17.1 Å². The number of nitrogens with zero attached hydrogens (tertiary/aromatic N) is 5. The van der Waals surface area contributed by atoms with Crippen LogP contribution >= 0.6 is 11.6 Å². The molecule has 4 saturated heterocycles. The summed E-state index contributed by atoms with van der Waals surface area (Å²) in [6.07, 6.45) is 6.25. The van der Waals surface area contributed by atoms with E-state index < -0.39 is 17.8 Å². The fourth-order valence-corrected chi connectivity index (χ4v) is 9.80. The van der Waals surface area contributed by atoms with Gasteiger partial charge in [-0.1, -0.05) is 29.8 Å². The van der Waals surface area contributed by atoms with Gasteiger partial charge >= 0.3 is 0 Å². The number of hydrogen-bond acceptors (Lipinski definition) is 11. The zero-order valence-electron chi connectivity index (χ0n) is 35.3. The van der Waals surface area contributed by atoms with Crippen LogP contribution in [0.4, 0.5) is 38.9 Å². The van der Waals surface area contributed by atoms with Crippen LogP contribution in [0, 0.1) is 17.2 Å². The Labute approximate surface area is 375 Å². The van der Waals surface area contributed by atoms with E-state index in [1.807, 2.05) is 17.0 Å². The van der Waals surface area contributed by atoms with Crippen LogP contribution in [0.5, 0.6) is 0 Å². The standard InChI is InChI=1S/C48H50ClFN10O4/c49-39-4-2-1-3-36(39)38-25-34(11-14-37(38)43(51)62)54-44-40(50)26-52-47(57-44)55-33-7-5-31(6-8-33)46(64)60-24-20-48(29-60)19-23-58(28-48)27-30-17-21-59(22-18-30)35-12-9-32(10-13-35)53-41-15-16-42(61)56-45(41)63/h1-14,25-26,30,41,53H,15-24,27-29H2,(H2,51,62)(H,56,61,63)(H2,52,54,55,57). The molecule has 4 aromatic carbocycles. The first-order valence-electron chi connectivity index (χ1n) is 21.8. The van der Waals surface area contributed by atoms with Gasteiger partial charge in [-0.3, -0.25) is 24.5 Å². The summed E-state index contributed by atoms with van der Waals surface area (Å²) < 4.78 is 15.0. The number of amides is 4. The Morgan fingerprint density at radius 1 is 0.844 bits per heavy atom. The van der Waals surface area contributed by atoms with Crippen molar-refractivity contribution in [2.75, 3.05) is 66.7 Å². The molecule has 4 amide bonds. The van der Waals surface area contributed by atoms with Gasteiger partial charge in [-0.25, -0.2) is 9.37 Å². The molecule has 2 unspecified atom stereocenters.